The van der Waals surface area contributed by atoms with E-state index in [0.717, 1.165) is 23.7 Å². The molecule has 2 aromatic rings. The molecule has 0 aliphatic rings. The largest absolute Gasteiger partial charge is 0.419 e. The van der Waals surface area contributed by atoms with Crippen LogP contribution < -0.4 is 5.73 Å². The van der Waals surface area contributed by atoms with E-state index >= 15 is 0 Å². The molecule has 0 amide bonds. The first-order chi connectivity index (χ1) is 8.79. The van der Waals surface area contributed by atoms with Crippen LogP contribution in [-0.4, -0.2) is 26.7 Å². The molecule has 1 unspecified atom stereocenters. The standard InChI is InChI=1S/C10H6ClF4N3S.Al.3H/c11-7(16)9-17-8(18-19-9)4-1-2-6(12)5(3-4)10(13,14)15;;;;/h1-3,7H,16H2;;;;. The van der Waals surface area contributed by atoms with Gasteiger partial charge in [-0.1, -0.05) is 11.6 Å². The van der Waals surface area contributed by atoms with Crippen molar-refractivity contribution in [3.8, 4) is 11.4 Å². The SMILES string of the molecule is NC(Cl)c1nc(-c2ccc(F)c(C(F)(F)F)c2)ns1.[AlH3]. The van der Waals surface area contributed by atoms with Gasteiger partial charge < -0.3 is 5.73 Å². The molecule has 1 aromatic heterocycles. The number of benzene rings is 1. The third-order valence-corrected chi connectivity index (χ3v) is 3.34. The minimum atomic E-state index is -4.78. The highest BCUT2D eigenvalue weighted by molar-refractivity contribution is 7.06. The maximum atomic E-state index is 13.1. The second-order valence-corrected chi connectivity index (χ2v) is 4.80. The molecule has 3 nitrogen and oxygen atoms in total. The van der Waals surface area contributed by atoms with Gasteiger partial charge in [0.05, 0.1) is 5.56 Å². The van der Waals surface area contributed by atoms with Crippen LogP contribution in [0.5, 0.6) is 0 Å². The summed E-state index contributed by atoms with van der Waals surface area (Å²) in [6, 6.07) is 2.54. The van der Waals surface area contributed by atoms with E-state index in [-0.39, 0.29) is 33.8 Å². The van der Waals surface area contributed by atoms with Gasteiger partial charge in [0.1, 0.15) is 16.3 Å². The molecular weight excluding hydrogens is 333 g/mol. The van der Waals surface area contributed by atoms with Crippen molar-refractivity contribution in [3.05, 3.63) is 34.6 Å². The zero-order valence-corrected chi connectivity index (χ0v) is 10.7. The summed E-state index contributed by atoms with van der Waals surface area (Å²) in [5.74, 6) is -1.32. The van der Waals surface area contributed by atoms with Crippen molar-refractivity contribution in [2.75, 3.05) is 0 Å². The Balaban J connectivity index is 0.00000200. The Hall–Kier alpha value is -0.718. The van der Waals surface area contributed by atoms with E-state index in [2.05, 4.69) is 9.36 Å². The van der Waals surface area contributed by atoms with E-state index in [1.54, 1.807) is 0 Å². The lowest BCUT2D eigenvalue weighted by atomic mass is 10.1. The molecule has 0 fully saturated rings. The van der Waals surface area contributed by atoms with Gasteiger partial charge in [0.25, 0.3) is 0 Å². The molecule has 1 heterocycles. The van der Waals surface area contributed by atoms with E-state index < -0.39 is 23.1 Å². The monoisotopic (exact) mass is 341 g/mol. The van der Waals surface area contributed by atoms with E-state index in [4.69, 9.17) is 17.3 Å². The average Bonchev–Trinajstić information content (AvgIpc) is 2.77. The molecule has 0 radical (unpaired) electrons. The summed E-state index contributed by atoms with van der Waals surface area (Å²) in [6.45, 7) is 0. The number of halogens is 5. The summed E-state index contributed by atoms with van der Waals surface area (Å²) >= 11 is 6.46. The van der Waals surface area contributed by atoms with Gasteiger partial charge in [0.2, 0.25) is 0 Å². The molecule has 0 bridgehead atoms. The lowest BCUT2D eigenvalue weighted by Crippen LogP contribution is -2.08. The van der Waals surface area contributed by atoms with Crippen LogP contribution in [0.2, 0.25) is 0 Å². The maximum absolute atomic E-state index is 13.1. The fraction of sp³-hybridized carbons (Fsp3) is 0.200. The molecule has 10 heteroatoms. The molecule has 0 aliphatic heterocycles. The predicted molar refractivity (Wildman–Crippen MR) is 73.0 cm³/mol. The molecule has 1 atom stereocenters. The highest BCUT2D eigenvalue weighted by Gasteiger charge is 2.34. The van der Waals surface area contributed by atoms with Gasteiger partial charge in [-0.05, 0) is 29.7 Å². The zero-order chi connectivity index (χ0) is 14.2. The van der Waals surface area contributed by atoms with Gasteiger partial charge in [-0.2, -0.15) is 17.5 Å². The molecule has 20 heavy (non-hydrogen) atoms. The van der Waals surface area contributed by atoms with Crippen LogP contribution in [0.4, 0.5) is 17.6 Å². The van der Waals surface area contributed by atoms with E-state index in [9.17, 15) is 17.6 Å². The molecule has 0 aliphatic carbocycles. The Kier molecular flexibility index (Phi) is 5.52. The zero-order valence-electron chi connectivity index (χ0n) is 9.08. The van der Waals surface area contributed by atoms with Gasteiger partial charge in [0.15, 0.2) is 23.2 Å². The van der Waals surface area contributed by atoms with Crippen molar-refractivity contribution < 1.29 is 17.6 Å². The van der Waals surface area contributed by atoms with Crippen LogP contribution in [0.15, 0.2) is 18.2 Å². The predicted octanol–water partition coefficient (Wildman–Crippen LogP) is 2.38. The van der Waals surface area contributed by atoms with Gasteiger partial charge >= 0.3 is 6.18 Å². The van der Waals surface area contributed by atoms with Crippen LogP contribution in [0, 0.1) is 5.82 Å². The number of alkyl halides is 4. The molecule has 0 saturated heterocycles. The lowest BCUT2D eigenvalue weighted by Gasteiger charge is -2.08. The number of rotatable bonds is 2. The normalized spacial score (nSPS) is 12.9. The quantitative estimate of drug-likeness (QED) is 0.395. The second kappa shape index (κ2) is 6.37. The Bertz CT molecular complexity index is 602. The summed E-state index contributed by atoms with van der Waals surface area (Å²) in [7, 11) is 0. The van der Waals surface area contributed by atoms with Crippen molar-refractivity contribution in [1.82, 2.24) is 9.36 Å². The molecule has 2 rings (SSSR count). The average molecular weight is 342 g/mol. The first-order valence-corrected chi connectivity index (χ1v) is 6.10. The van der Waals surface area contributed by atoms with Crippen LogP contribution >= 0.6 is 23.1 Å². The Morgan fingerprint density at radius 2 is 1.95 bits per heavy atom. The van der Waals surface area contributed by atoms with E-state index in [1.165, 1.54) is 0 Å². The van der Waals surface area contributed by atoms with E-state index in [0.29, 0.717) is 6.07 Å². The molecular formula is C10H9AlClF4N3S. The number of nitrogens with zero attached hydrogens (tertiary/aromatic N) is 2. The van der Waals surface area contributed by atoms with Crippen LogP contribution in [0.3, 0.4) is 0 Å². The summed E-state index contributed by atoms with van der Waals surface area (Å²) in [5, 5.41) is 0.273. The third-order valence-electron chi connectivity index (χ3n) is 2.21. The van der Waals surface area contributed by atoms with Crippen LogP contribution in [-0.2, 0) is 6.18 Å². The summed E-state index contributed by atoms with van der Waals surface area (Å²) in [5.41, 5.74) is 3.17. The highest BCUT2D eigenvalue weighted by atomic mass is 35.5. The van der Waals surface area contributed by atoms with Crippen molar-refractivity contribution in [1.29, 1.82) is 0 Å². The number of aromatic nitrogens is 2. The van der Waals surface area contributed by atoms with E-state index in [1.807, 2.05) is 0 Å². The fourth-order valence-corrected chi connectivity index (χ4v) is 2.07. The minimum absolute atomic E-state index is 0. The molecule has 0 saturated carbocycles. The Labute approximate surface area is 131 Å². The smallest absolute Gasteiger partial charge is 0.310 e. The summed E-state index contributed by atoms with van der Waals surface area (Å²) < 4.78 is 54.6. The molecule has 108 valence electrons. The molecule has 0 spiro atoms. The molecule has 2 N–H and O–H groups in total. The van der Waals surface area contributed by atoms with Crippen LogP contribution in [0.25, 0.3) is 11.4 Å². The third kappa shape index (κ3) is 3.68. The number of hydrogen-bond acceptors (Lipinski definition) is 4. The summed E-state index contributed by atoms with van der Waals surface area (Å²) in [4.78, 5) is 3.89. The van der Waals surface area contributed by atoms with Crippen molar-refractivity contribution in [2.45, 2.75) is 11.7 Å². The number of nitrogens with two attached hydrogens (primary N) is 1. The van der Waals surface area contributed by atoms with Gasteiger partial charge in [-0.25, -0.2) is 9.37 Å². The van der Waals surface area contributed by atoms with Crippen molar-refractivity contribution in [3.63, 3.8) is 0 Å². The van der Waals surface area contributed by atoms with Gasteiger partial charge in [0, 0.05) is 5.56 Å². The van der Waals surface area contributed by atoms with Crippen LogP contribution in [0.1, 0.15) is 16.1 Å². The lowest BCUT2D eigenvalue weighted by molar-refractivity contribution is -0.139. The van der Waals surface area contributed by atoms with Gasteiger partial charge in [-0.3, -0.25) is 0 Å². The Morgan fingerprint density at radius 3 is 2.45 bits per heavy atom. The van der Waals surface area contributed by atoms with Gasteiger partial charge in [-0.15, -0.1) is 0 Å². The second-order valence-electron chi connectivity index (χ2n) is 3.55. The fourth-order valence-electron chi connectivity index (χ4n) is 1.35. The topological polar surface area (TPSA) is 51.8 Å². The minimum Gasteiger partial charge on any atom is -0.310 e. The molecule has 1 aromatic carbocycles. The van der Waals surface area contributed by atoms with Crippen molar-refractivity contribution in [2.24, 2.45) is 5.73 Å². The first kappa shape index (κ1) is 17.3. The highest BCUT2D eigenvalue weighted by Crippen LogP contribution is 2.34. The Morgan fingerprint density at radius 1 is 1.30 bits per heavy atom. The maximum Gasteiger partial charge on any atom is 0.419 e. The number of hydrogen-bond donors (Lipinski definition) is 1. The first-order valence-electron chi connectivity index (χ1n) is 4.89. The summed E-state index contributed by atoms with van der Waals surface area (Å²) in [6.07, 6.45) is -4.78. The van der Waals surface area contributed by atoms with Crippen molar-refractivity contribution >= 4 is 40.5 Å².